The molecule has 0 fully saturated rings. The molecule has 0 saturated heterocycles. The quantitative estimate of drug-likeness (QED) is 0.890. The van der Waals surface area contributed by atoms with E-state index in [1.165, 1.54) is 16.7 Å². The van der Waals surface area contributed by atoms with Crippen LogP contribution in [0.2, 0.25) is 0 Å². The number of aryl methyl sites for hydroxylation is 5. The molecule has 0 aliphatic carbocycles. The molecule has 2 aromatic heterocycles. The second kappa shape index (κ2) is 6.02. The average molecular weight is 286 g/mol. The standard InChI is InChI=1S/C18H26N2O/c1-10-8-11(2)19-14(5)18(10)15(6)20-13(4)17-9-12(3)21-16(17)7/h8-9,13,15,20H,1-7H3. The van der Waals surface area contributed by atoms with Gasteiger partial charge in [-0.15, -0.1) is 0 Å². The molecule has 2 atom stereocenters. The summed E-state index contributed by atoms with van der Waals surface area (Å²) in [5.41, 5.74) is 6.02. The molecule has 21 heavy (non-hydrogen) atoms. The predicted molar refractivity (Wildman–Crippen MR) is 86.6 cm³/mol. The molecule has 3 nitrogen and oxygen atoms in total. The van der Waals surface area contributed by atoms with Crippen molar-refractivity contribution in [1.82, 2.24) is 10.3 Å². The second-order valence-electron chi connectivity index (χ2n) is 6.06. The van der Waals surface area contributed by atoms with Crippen LogP contribution in [0.5, 0.6) is 0 Å². The normalized spacial score (nSPS) is 14.2. The van der Waals surface area contributed by atoms with Gasteiger partial charge >= 0.3 is 0 Å². The van der Waals surface area contributed by atoms with Crippen molar-refractivity contribution < 1.29 is 4.42 Å². The SMILES string of the molecule is Cc1cc(C)c(C(C)NC(C)c2cc(C)oc2C)c(C)n1. The van der Waals surface area contributed by atoms with Crippen LogP contribution in [0, 0.1) is 34.6 Å². The maximum absolute atomic E-state index is 5.63. The number of aromatic nitrogens is 1. The van der Waals surface area contributed by atoms with E-state index in [0.29, 0.717) is 0 Å². The van der Waals surface area contributed by atoms with Crippen molar-refractivity contribution >= 4 is 0 Å². The summed E-state index contributed by atoms with van der Waals surface area (Å²) in [6.07, 6.45) is 0. The molecular weight excluding hydrogens is 260 g/mol. The summed E-state index contributed by atoms with van der Waals surface area (Å²) in [5.74, 6) is 1.96. The van der Waals surface area contributed by atoms with Crippen LogP contribution < -0.4 is 5.32 Å². The molecule has 2 unspecified atom stereocenters. The topological polar surface area (TPSA) is 38.1 Å². The zero-order valence-corrected chi connectivity index (χ0v) is 14.2. The van der Waals surface area contributed by atoms with Gasteiger partial charge in [0, 0.05) is 29.0 Å². The van der Waals surface area contributed by atoms with Gasteiger partial charge in [0.1, 0.15) is 11.5 Å². The van der Waals surface area contributed by atoms with Gasteiger partial charge in [0.2, 0.25) is 0 Å². The third-order valence-electron chi connectivity index (χ3n) is 4.06. The van der Waals surface area contributed by atoms with Crippen LogP contribution in [0.25, 0.3) is 0 Å². The fourth-order valence-corrected chi connectivity index (χ4v) is 3.32. The van der Waals surface area contributed by atoms with Crippen LogP contribution in [-0.2, 0) is 0 Å². The summed E-state index contributed by atoms with van der Waals surface area (Å²) in [6.45, 7) is 14.7. The molecule has 0 radical (unpaired) electrons. The van der Waals surface area contributed by atoms with Gasteiger partial charge in [-0.3, -0.25) is 4.98 Å². The fraction of sp³-hybridized carbons (Fsp3) is 0.500. The van der Waals surface area contributed by atoms with Gasteiger partial charge in [0.25, 0.3) is 0 Å². The van der Waals surface area contributed by atoms with E-state index in [1.807, 2.05) is 20.8 Å². The Morgan fingerprint density at radius 1 is 1.00 bits per heavy atom. The highest BCUT2D eigenvalue weighted by Crippen LogP contribution is 2.27. The number of nitrogens with zero attached hydrogens (tertiary/aromatic N) is 1. The number of hydrogen-bond acceptors (Lipinski definition) is 3. The van der Waals surface area contributed by atoms with Gasteiger partial charge < -0.3 is 9.73 Å². The third kappa shape index (κ3) is 3.35. The molecular formula is C18H26N2O. The zero-order valence-electron chi connectivity index (χ0n) is 14.2. The Hall–Kier alpha value is -1.61. The zero-order chi connectivity index (χ0) is 15.7. The van der Waals surface area contributed by atoms with Crippen molar-refractivity contribution in [3.05, 3.63) is 51.7 Å². The maximum atomic E-state index is 5.63. The molecule has 0 aliphatic heterocycles. The molecule has 1 N–H and O–H groups in total. The Balaban J connectivity index is 2.22. The summed E-state index contributed by atoms with van der Waals surface area (Å²) in [7, 11) is 0. The van der Waals surface area contributed by atoms with Crippen LogP contribution in [0.3, 0.4) is 0 Å². The predicted octanol–water partition coefficient (Wildman–Crippen LogP) is 4.63. The van der Waals surface area contributed by atoms with Gasteiger partial charge in [-0.25, -0.2) is 0 Å². The molecule has 2 heterocycles. The molecule has 114 valence electrons. The van der Waals surface area contributed by atoms with E-state index in [0.717, 1.165) is 22.9 Å². The molecule has 0 bridgehead atoms. The van der Waals surface area contributed by atoms with Crippen molar-refractivity contribution in [2.45, 2.75) is 60.5 Å². The largest absolute Gasteiger partial charge is 0.466 e. The Labute approximate surface area is 127 Å². The average Bonchev–Trinajstić information content (AvgIpc) is 2.66. The molecule has 0 aliphatic rings. The molecule has 0 saturated carbocycles. The number of pyridine rings is 1. The fourth-order valence-electron chi connectivity index (χ4n) is 3.32. The summed E-state index contributed by atoms with van der Waals surface area (Å²) in [5, 5.41) is 3.67. The Morgan fingerprint density at radius 3 is 2.19 bits per heavy atom. The highest BCUT2D eigenvalue weighted by molar-refractivity contribution is 5.34. The lowest BCUT2D eigenvalue weighted by Crippen LogP contribution is -2.24. The lowest BCUT2D eigenvalue weighted by Gasteiger charge is -2.23. The highest BCUT2D eigenvalue weighted by Gasteiger charge is 2.18. The summed E-state index contributed by atoms with van der Waals surface area (Å²) >= 11 is 0. The maximum Gasteiger partial charge on any atom is 0.105 e. The first-order valence-corrected chi connectivity index (χ1v) is 7.57. The van der Waals surface area contributed by atoms with Crippen LogP contribution >= 0.6 is 0 Å². The van der Waals surface area contributed by atoms with E-state index in [-0.39, 0.29) is 12.1 Å². The molecule has 2 rings (SSSR count). The first kappa shape index (κ1) is 15.8. The van der Waals surface area contributed by atoms with Gasteiger partial charge in [0.15, 0.2) is 0 Å². The van der Waals surface area contributed by atoms with Crippen molar-refractivity contribution in [2.24, 2.45) is 0 Å². The van der Waals surface area contributed by atoms with E-state index in [1.54, 1.807) is 0 Å². The second-order valence-corrected chi connectivity index (χ2v) is 6.06. The number of hydrogen-bond donors (Lipinski definition) is 1. The smallest absolute Gasteiger partial charge is 0.105 e. The van der Waals surface area contributed by atoms with Crippen LogP contribution in [0.1, 0.15) is 65.5 Å². The minimum atomic E-state index is 0.248. The van der Waals surface area contributed by atoms with Crippen molar-refractivity contribution in [2.75, 3.05) is 0 Å². The Bertz CT molecular complexity index is 620. The van der Waals surface area contributed by atoms with Crippen molar-refractivity contribution in [3.8, 4) is 0 Å². The summed E-state index contributed by atoms with van der Waals surface area (Å²) in [4.78, 5) is 4.60. The summed E-state index contributed by atoms with van der Waals surface area (Å²) < 4.78 is 5.63. The number of furan rings is 1. The van der Waals surface area contributed by atoms with Crippen molar-refractivity contribution in [1.29, 1.82) is 0 Å². The van der Waals surface area contributed by atoms with E-state index >= 15 is 0 Å². The number of rotatable bonds is 4. The molecule has 0 aromatic carbocycles. The van der Waals surface area contributed by atoms with Gasteiger partial charge in [-0.2, -0.15) is 0 Å². The first-order valence-electron chi connectivity index (χ1n) is 7.57. The molecule has 3 heteroatoms. The van der Waals surface area contributed by atoms with Gasteiger partial charge in [0.05, 0.1) is 0 Å². The van der Waals surface area contributed by atoms with E-state index < -0.39 is 0 Å². The van der Waals surface area contributed by atoms with Crippen LogP contribution in [-0.4, -0.2) is 4.98 Å². The highest BCUT2D eigenvalue weighted by atomic mass is 16.3. The lowest BCUT2D eigenvalue weighted by atomic mass is 9.98. The lowest BCUT2D eigenvalue weighted by molar-refractivity contribution is 0.466. The third-order valence-corrected chi connectivity index (χ3v) is 4.06. The van der Waals surface area contributed by atoms with Crippen LogP contribution in [0.4, 0.5) is 0 Å². The minimum absolute atomic E-state index is 0.248. The Morgan fingerprint density at radius 2 is 1.67 bits per heavy atom. The minimum Gasteiger partial charge on any atom is -0.466 e. The van der Waals surface area contributed by atoms with Crippen molar-refractivity contribution in [3.63, 3.8) is 0 Å². The summed E-state index contributed by atoms with van der Waals surface area (Å²) in [6, 6.07) is 4.77. The Kier molecular flexibility index (Phi) is 4.52. The van der Waals surface area contributed by atoms with Gasteiger partial charge in [-0.05, 0) is 71.7 Å². The molecule has 0 spiro atoms. The van der Waals surface area contributed by atoms with Crippen LogP contribution in [0.15, 0.2) is 16.5 Å². The number of nitrogens with one attached hydrogen (secondary N) is 1. The molecule has 2 aromatic rings. The van der Waals surface area contributed by atoms with E-state index in [2.05, 4.69) is 50.1 Å². The van der Waals surface area contributed by atoms with Gasteiger partial charge in [-0.1, -0.05) is 0 Å². The van der Waals surface area contributed by atoms with E-state index in [9.17, 15) is 0 Å². The van der Waals surface area contributed by atoms with E-state index in [4.69, 9.17) is 4.42 Å². The first-order chi connectivity index (χ1) is 9.79. The molecule has 0 amide bonds. The monoisotopic (exact) mass is 286 g/mol.